The van der Waals surface area contributed by atoms with Gasteiger partial charge in [0.1, 0.15) is 5.82 Å². The van der Waals surface area contributed by atoms with Gasteiger partial charge in [-0.15, -0.1) is 0 Å². The number of benzene rings is 1. The van der Waals surface area contributed by atoms with Crippen LogP contribution < -0.4 is 4.90 Å². The molecule has 1 aliphatic heterocycles. The Morgan fingerprint density at radius 1 is 1.33 bits per heavy atom. The second kappa shape index (κ2) is 3.73. The number of Topliss-reactive ketones (excluding diaryl/α,β-unsaturated/α-hetero) is 1. The highest BCUT2D eigenvalue weighted by atomic mass is 79.9. The average molecular weight is 272 g/mol. The van der Waals surface area contributed by atoms with E-state index in [-0.39, 0.29) is 6.42 Å². The van der Waals surface area contributed by atoms with E-state index in [9.17, 15) is 14.0 Å². The zero-order valence-electron chi connectivity index (χ0n) is 7.67. The Bertz CT molecular complexity index is 447. The fraction of sp³-hybridized carbons (Fsp3) is 0.200. The first kappa shape index (κ1) is 10.3. The molecule has 2 rings (SSSR count). The number of amides is 1. The van der Waals surface area contributed by atoms with Crippen LogP contribution in [0.15, 0.2) is 22.7 Å². The highest BCUT2D eigenvalue weighted by molar-refractivity contribution is 9.10. The molecule has 0 radical (unpaired) electrons. The minimum atomic E-state index is -0.559. The molecule has 0 bridgehead atoms. The van der Waals surface area contributed by atoms with Crippen LogP contribution >= 0.6 is 15.9 Å². The molecule has 1 aromatic rings. The van der Waals surface area contributed by atoms with Gasteiger partial charge in [0.2, 0.25) is 5.78 Å². The van der Waals surface area contributed by atoms with Crippen LogP contribution in [0, 0.1) is 5.82 Å². The normalized spacial score (nSPS) is 16.3. The predicted octanol–water partition coefficient (Wildman–Crippen LogP) is 1.89. The molecule has 0 spiro atoms. The Balaban J connectivity index is 2.34. The molecule has 1 heterocycles. The van der Waals surface area contributed by atoms with Crippen molar-refractivity contribution in [2.45, 2.75) is 6.42 Å². The van der Waals surface area contributed by atoms with Crippen molar-refractivity contribution >= 4 is 33.3 Å². The fourth-order valence-electron chi connectivity index (χ4n) is 1.47. The zero-order valence-corrected chi connectivity index (χ0v) is 9.25. The summed E-state index contributed by atoms with van der Waals surface area (Å²) in [5, 5.41) is 0. The monoisotopic (exact) mass is 271 g/mol. The Labute approximate surface area is 94.0 Å². The molecule has 0 unspecified atom stereocenters. The van der Waals surface area contributed by atoms with Crippen molar-refractivity contribution in [1.29, 1.82) is 0 Å². The second-order valence-corrected chi connectivity index (χ2v) is 4.08. The third-order valence-corrected chi connectivity index (χ3v) is 2.90. The predicted molar refractivity (Wildman–Crippen MR) is 56.1 cm³/mol. The van der Waals surface area contributed by atoms with Gasteiger partial charge in [-0.3, -0.25) is 9.59 Å². The van der Waals surface area contributed by atoms with Crippen molar-refractivity contribution in [3.05, 3.63) is 28.5 Å². The molecule has 1 aliphatic rings. The van der Waals surface area contributed by atoms with E-state index < -0.39 is 17.5 Å². The van der Waals surface area contributed by atoms with Crippen LogP contribution in [0.4, 0.5) is 10.1 Å². The van der Waals surface area contributed by atoms with Crippen LogP contribution in [0.25, 0.3) is 0 Å². The molecule has 0 saturated carbocycles. The number of rotatable bonds is 1. The molecule has 3 nitrogen and oxygen atoms in total. The first-order valence-corrected chi connectivity index (χ1v) is 5.18. The molecule has 0 N–H and O–H groups in total. The zero-order chi connectivity index (χ0) is 11.0. The van der Waals surface area contributed by atoms with Crippen molar-refractivity contribution in [3.8, 4) is 0 Å². The van der Waals surface area contributed by atoms with Crippen LogP contribution in [0.5, 0.6) is 0 Å². The van der Waals surface area contributed by atoms with Gasteiger partial charge in [0, 0.05) is 18.7 Å². The summed E-state index contributed by atoms with van der Waals surface area (Å²) >= 11 is 3.02. The van der Waals surface area contributed by atoms with Crippen LogP contribution in [0.3, 0.4) is 0 Å². The Morgan fingerprint density at radius 3 is 2.60 bits per heavy atom. The van der Waals surface area contributed by atoms with Crippen LogP contribution in [-0.2, 0) is 9.59 Å². The molecule has 1 saturated heterocycles. The molecule has 5 heteroatoms. The van der Waals surface area contributed by atoms with E-state index in [1.807, 2.05) is 0 Å². The summed E-state index contributed by atoms with van der Waals surface area (Å²) in [6, 6.07) is 4.35. The molecular formula is C10H7BrFNO2. The van der Waals surface area contributed by atoms with E-state index in [4.69, 9.17) is 0 Å². The lowest BCUT2D eigenvalue weighted by Crippen LogP contribution is -2.26. The largest absolute Gasteiger partial charge is 0.305 e. The first-order valence-electron chi connectivity index (χ1n) is 4.39. The highest BCUT2D eigenvalue weighted by Gasteiger charge is 2.30. The molecule has 78 valence electrons. The molecule has 1 aromatic carbocycles. The van der Waals surface area contributed by atoms with E-state index in [0.29, 0.717) is 16.7 Å². The van der Waals surface area contributed by atoms with Crippen LogP contribution in [-0.4, -0.2) is 18.2 Å². The smallest absolute Gasteiger partial charge is 0.294 e. The molecule has 0 aromatic heterocycles. The maximum Gasteiger partial charge on any atom is 0.294 e. The number of ketones is 1. The van der Waals surface area contributed by atoms with Gasteiger partial charge in [-0.25, -0.2) is 4.39 Å². The highest BCUT2D eigenvalue weighted by Crippen LogP contribution is 2.24. The molecule has 15 heavy (non-hydrogen) atoms. The lowest BCUT2D eigenvalue weighted by molar-refractivity contribution is -0.133. The maximum absolute atomic E-state index is 13.2. The summed E-state index contributed by atoms with van der Waals surface area (Å²) in [6.07, 6.45) is 0.205. The van der Waals surface area contributed by atoms with Crippen molar-refractivity contribution in [1.82, 2.24) is 0 Å². The number of hydrogen-bond acceptors (Lipinski definition) is 2. The molecular weight excluding hydrogens is 265 g/mol. The van der Waals surface area contributed by atoms with Gasteiger partial charge in [0.15, 0.2) is 0 Å². The van der Waals surface area contributed by atoms with Crippen LogP contribution in [0.1, 0.15) is 6.42 Å². The first-order chi connectivity index (χ1) is 7.09. The minimum Gasteiger partial charge on any atom is -0.305 e. The Morgan fingerprint density at radius 2 is 2.07 bits per heavy atom. The number of carbonyl (C=O) groups excluding carboxylic acids is 2. The van der Waals surface area contributed by atoms with Gasteiger partial charge < -0.3 is 4.90 Å². The number of nitrogens with zero attached hydrogens (tertiary/aromatic N) is 1. The topological polar surface area (TPSA) is 37.4 Å². The number of carbonyl (C=O) groups is 2. The SMILES string of the molecule is O=C1CCN(c2ccc(Br)c(F)c2)C1=O. The standard InChI is InChI=1S/C10H7BrFNO2/c11-7-2-1-6(5-8(7)12)13-4-3-9(14)10(13)15/h1-2,5H,3-4H2. The van der Waals surface area contributed by atoms with E-state index in [2.05, 4.69) is 15.9 Å². The van der Waals surface area contributed by atoms with Crippen LogP contribution in [0.2, 0.25) is 0 Å². The number of anilines is 1. The third kappa shape index (κ3) is 1.79. The molecule has 0 aliphatic carbocycles. The summed E-state index contributed by atoms with van der Waals surface area (Å²) in [7, 11) is 0. The number of hydrogen-bond donors (Lipinski definition) is 0. The van der Waals surface area contributed by atoms with E-state index >= 15 is 0 Å². The van der Waals surface area contributed by atoms with Gasteiger partial charge in [0.25, 0.3) is 5.91 Å². The Hall–Kier alpha value is -1.23. The third-order valence-electron chi connectivity index (χ3n) is 2.26. The van der Waals surface area contributed by atoms with E-state index in [1.165, 1.54) is 17.0 Å². The maximum atomic E-state index is 13.2. The van der Waals surface area contributed by atoms with Crippen molar-refractivity contribution < 1.29 is 14.0 Å². The lowest BCUT2D eigenvalue weighted by atomic mass is 10.3. The summed E-state index contributed by atoms with van der Waals surface area (Å²) in [5.41, 5.74) is 0.423. The summed E-state index contributed by atoms with van der Waals surface area (Å²) in [4.78, 5) is 23.6. The summed E-state index contributed by atoms with van der Waals surface area (Å²) in [6.45, 7) is 0.332. The fourth-order valence-corrected chi connectivity index (χ4v) is 1.72. The van der Waals surface area contributed by atoms with Gasteiger partial charge in [-0.05, 0) is 34.1 Å². The van der Waals surface area contributed by atoms with Gasteiger partial charge in [-0.1, -0.05) is 0 Å². The second-order valence-electron chi connectivity index (χ2n) is 3.23. The minimum absolute atomic E-state index is 0.205. The molecule has 1 amide bonds. The molecule has 0 atom stereocenters. The Kier molecular flexibility index (Phi) is 2.56. The van der Waals surface area contributed by atoms with Gasteiger partial charge in [0.05, 0.1) is 4.47 Å². The van der Waals surface area contributed by atoms with E-state index in [0.717, 1.165) is 0 Å². The van der Waals surface area contributed by atoms with E-state index in [1.54, 1.807) is 6.07 Å². The average Bonchev–Trinajstić information content (AvgIpc) is 2.53. The summed E-state index contributed by atoms with van der Waals surface area (Å²) < 4.78 is 13.5. The lowest BCUT2D eigenvalue weighted by Gasteiger charge is -2.14. The molecule has 1 fully saturated rings. The van der Waals surface area contributed by atoms with Crippen molar-refractivity contribution in [2.24, 2.45) is 0 Å². The number of halogens is 2. The van der Waals surface area contributed by atoms with Gasteiger partial charge in [-0.2, -0.15) is 0 Å². The summed E-state index contributed by atoms with van der Waals surface area (Å²) in [5.74, 6) is -1.42. The quantitative estimate of drug-likeness (QED) is 0.732. The van der Waals surface area contributed by atoms with Crippen molar-refractivity contribution in [2.75, 3.05) is 11.4 Å². The van der Waals surface area contributed by atoms with Crippen molar-refractivity contribution in [3.63, 3.8) is 0 Å². The van der Waals surface area contributed by atoms with Gasteiger partial charge >= 0.3 is 0 Å².